The third-order valence-corrected chi connectivity index (χ3v) is 2.87. The molecule has 1 N–H and O–H groups in total. The molecule has 0 saturated carbocycles. The molecule has 0 spiro atoms. The Kier molecular flexibility index (Phi) is 3.36. The highest BCUT2D eigenvalue weighted by Crippen LogP contribution is 2.23. The van der Waals surface area contributed by atoms with Crippen molar-refractivity contribution in [1.82, 2.24) is 4.90 Å². The Morgan fingerprint density at radius 3 is 2.46 bits per heavy atom. The van der Waals surface area contributed by atoms with Crippen LogP contribution in [0, 0.1) is 5.92 Å². The highest BCUT2D eigenvalue weighted by Gasteiger charge is 2.26. The van der Waals surface area contributed by atoms with E-state index in [0.717, 1.165) is 19.0 Å². The van der Waals surface area contributed by atoms with E-state index in [1.165, 1.54) is 12.8 Å². The lowest BCUT2D eigenvalue weighted by Crippen LogP contribution is -2.47. The van der Waals surface area contributed by atoms with Gasteiger partial charge in [-0.1, -0.05) is 6.92 Å². The van der Waals surface area contributed by atoms with Crippen LogP contribution >= 0.6 is 0 Å². The molecule has 0 amide bonds. The van der Waals surface area contributed by atoms with Crippen LogP contribution in [0.15, 0.2) is 0 Å². The van der Waals surface area contributed by atoms with Crippen LogP contribution in [0.2, 0.25) is 0 Å². The Bertz CT molecular complexity index is 162. The summed E-state index contributed by atoms with van der Waals surface area (Å²) in [4.78, 5) is 2.40. The van der Waals surface area contributed by atoms with Gasteiger partial charge in [0.2, 0.25) is 0 Å². The van der Waals surface area contributed by atoms with E-state index >= 15 is 0 Å². The minimum absolute atomic E-state index is 0.547. The van der Waals surface area contributed by atoms with Crippen LogP contribution in [0.25, 0.3) is 0 Å². The molecular formula is C11H23NO. The molecule has 1 rings (SSSR count). The Morgan fingerprint density at radius 2 is 2.00 bits per heavy atom. The normalized spacial score (nSPS) is 32.1. The molecule has 78 valence electrons. The van der Waals surface area contributed by atoms with Gasteiger partial charge in [0, 0.05) is 12.6 Å². The number of β-amino-alcohol motifs (C(OH)–C–C–N with tert-alkyl or cyclic N) is 1. The lowest BCUT2D eigenvalue weighted by atomic mass is 9.92. The van der Waals surface area contributed by atoms with Crippen molar-refractivity contribution in [3.8, 4) is 0 Å². The maximum Gasteiger partial charge on any atom is 0.0718 e. The average Bonchev–Trinajstić information content (AvgIpc) is 1.93. The van der Waals surface area contributed by atoms with Crippen LogP contribution in [0.5, 0.6) is 0 Å². The van der Waals surface area contributed by atoms with Crippen molar-refractivity contribution in [2.75, 3.05) is 13.1 Å². The van der Waals surface area contributed by atoms with Gasteiger partial charge in [0.25, 0.3) is 0 Å². The maximum atomic E-state index is 9.71. The van der Waals surface area contributed by atoms with Gasteiger partial charge >= 0.3 is 0 Å². The van der Waals surface area contributed by atoms with Gasteiger partial charge in [-0.3, -0.25) is 4.90 Å². The first-order valence-electron chi connectivity index (χ1n) is 5.35. The van der Waals surface area contributed by atoms with Gasteiger partial charge < -0.3 is 5.11 Å². The van der Waals surface area contributed by atoms with E-state index in [1.807, 2.05) is 13.8 Å². The fraction of sp³-hybridized carbons (Fsp3) is 1.00. The summed E-state index contributed by atoms with van der Waals surface area (Å²) in [5.41, 5.74) is -0.547. The first-order valence-corrected chi connectivity index (χ1v) is 5.35. The fourth-order valence-electron chi connectivity index (χ4n) is 2.19. The Labute approximate surface area is 81.9 Å². The average molecular weight is 185 g/mol. The second-order valence-electron chi connectivity index (χ2n) is 5.26. The van der Waals surface area contributed by atoms with E-state index in [1.54, 1.807) is 0 Å². The van der Waals surface area contributed by atoms with Crippen LogP contribution in [-0.2, 0) is 0 Å². The lowest BCUT2D eigenvalue weighted by Gasteiger charge is -2.39. The van der Waals surface area contributed by atoms with Gasteiger partial charge in [0.05, 0.1) is 5.60 Å². The molecule has 1 saturated heterocycles. The first-order chi connectivity index (χ1) is 5.88. The second kappa shape index (κ2) is 3.97. The van der Waals surface area contributed by atoms with Crippen molar-refractivity contribution in [1.29, 1.82) is 0 Å². The summed E-state index contributed by atoms with van der Waals surface area (Å²) >= 11 is 0. The zero-order valence-electron chi connectivity index (χ0n) is 9.38. The molecular weight excluding hydrogens is 162 g/mol. The van der Waals surface area contributed by atoms with Crippen molar-refractivity contribution < 1.29 is 5.11 Å². The molecule has 0 aromatic heterocycles. The third kappa shape index (κ3) is 3.65. The number of nitrogens with zero attached hydrogens (tertiary/aromatic N) is 1. The quantitative estimate of drug-likeness (QED) is 0.710. The summed E-state index contributed by atoms with van der Waals surface area (Å²) < 4.78 is 0. The van der Waals surface area contributed by atoms with Crippen LogP contribution in [0.1, 0.15) is 40.5 Å². The molecule has 0 unspecified atom stereocenters. The Morgan fingerprint density at radius 1 is 1.38 bits per heavy atom. The molecule has 1 aliphatic heterocycles. The molecule has 0 aromatic carbocycles. The van der Waals surface area contributed by atoms with E-state index in [9.17, 15) is 5.11 Å². The minimum Gasteiger partial charge on any atom is -0.389 e. The molecule has 2 atom stereocenters. The number of rotatable bonds is 2. The Hall–Kier alpha value is -0.0800. The van der Waals surface area contributed by atoms with Crippen molar-refractivity contribution in [2.24, 2.45) is 5.92 Å². The summed E-state index contributed by atoms with van der Waals surface area (Å²) in [5.74, 6) is 0.855. The number of likely N-dealkylation sites (tertiary alicyclic amines) is 1. The van der Waals surface area contributed by atoms with E-state index in [4.69, 9.17) is 0 Å². The minimum atomic E-state index is -0.547. The summed E-state index contributed by atoms with van der Waals surface area (Å²) in [5, 5.41) is 9.71. The third-order valence-electron chi connectivity index (χ3n) is 2.87. The van der Waals surface area contributed by atoms with Gasteiger partial charge in [-0.2, -0.15) is 0 Å². The van der Waals surface area contributed by atoms with Crippen molar-refractivity contribution in [3.63, 3.8) is 0 Å². The number of hydrogen-bond donors (Lipinski definition) is 1. The van der Waals surface area contributed by atoms with Crippen LogP contribution in [0.4, 0.5) is 0 Å². The van der Waals surface area contributed by atoms with Gasteiger partial charge in [-0.05, 0) is 46.1 Å². The summed E-state index contributed by atoms with van der Waals surface area (Å²) in [6, 6.07) is 0.634. The van der Waals surface area contributed by atoms with Crippen molar-refractivity contribution in [2.45, 2.75) is 52.2 Å². The smallest absolute Gasteiger partial charge is 0.0718 e. The van der Waals surface area contributed by atoms with Crippen molar-refractivity contribution >= 4 is 0 Å². The number of hydrogen-bond acceptors (Lipinski definition) is 2. The zero-order valence-corrected chi connectivity index (χ0v) is 9.38. The predicted octanol–water partition coefficient (Wildman–Crippen LogP) is 1.88. The van der Waals surface area contributed by atoms with Gasteiger partial charge in [0.1, 0.15) is 0 Å². The highest BCUT2D eigenvalue weighted by molar-refractivity contribution is 4.81. The van der Waals surface area contributed by atoms with Gasteiger partial charge in [-0.25, -0.2) is 0 Å². The lowest BCUT2D eigenvalue weighted by molar-refractivity contribution is 0.00662. The zero-order chi connectivity index (χ0) is 10.1. The molecule has 0 aliphatic carbocycles. The van der Waals surface area contributed by atoms with E-state index in [-0.39, 0.29) is 0 Å². The van der Waals surface area contributed by atoms with Crippen molar-refractivity contribution in [3.05, 3.63) is 0 Å². The monoisotopic (exact) mass is 185 g/mol. The molecule has 1 heterocycles. The molecule has 1 aliphatic rings. The fourth-order valence-corrected chi connectivity index (χ4v) is 2.19. The van der Waals surface area contributed by atoms with E-state index in [2.05, 4.69) is 18.7 Å². The summed E-state index contributed by atoms with van der Waals surface area (Å²) in [6.45, 7) is 10.3. The standard InChI is InChI=1S/C11H23NO/c1-9-5-6-12(10(2)7-9)8-11(3,4)13/h9-10,13H,5-8H2,1-4H3/t9-,10-/m0/s1. The number of aliphatic hydroxyl groups is 1. The predicted molar refractivity (Wildman–Crippen MR) is 55.7 cm³/mol. The second-order valence-corrected chi connectivity index (χ2v) is 5.26. The van der Waals surface area contributed by atoms with E-state index in [0.29, 0.717) is 6.04 Å². The van der Waals surface area contributed by atoms with E-state index < -0.39 is 5.60 Å². The number of piperidine rings is 1. The molecule has 13 heavy (non-hydrogen) atoms. The molecule has 2 nitrogen and oxygen atoms in total. The Balaban J connectivity index is 2.43. The summed E-state index contributed by atoms with van der Waals surface area (Å²) in [6.07, 6.45) is 2.55. The van der Waals surface area contributed by atoms with Gasteiger partial charge in [0.15, 0.2) is 0 Å². The topological polar surface area (TPSA) is 23.5 Å². The van der Waals surface area contributed by atoms with Crippen LogP contribution < -0.4 is 0 Å². The SMILES string of the molecule is C[C@H]1CCN(CC(C)(C)O)[C@@H](C)C1. The largest absolute Gasteiger partial charge is 0.389 e. The first kappa shape index (κ1) is 11.0. The molecule has 1 fully saturated rings. The molecule has 0 radical (unpaired) electrons. The highest BCUT2D eigenvalue weighted by atomic mass is 16.3. The van der Waals surface area contributed by atoms with Gasteiger partial charge in [-0.15, -0.1) is 0 Å². The van der Waals surface area contributed by atoms with Crippen LogP contribution in [-0.4, -0.2) is 34.7 Å². The summed E-state index contributed by atoms with van der Waals surface area (Å²) in [7, 11) is 0. The molecule has 0 aromatic rings. The maximum absolute atomic E-state index is 9.71. The molecule has 0 bridgehead atoms. The molecule has 2 heteroatoms. The van der Waals surface area contributed by atoms with Crippen LogP contribution in [0.3, 0.4) is 0 Å².